The van der Waals surface area contributed by atoms with E-state index in [1.54, 1.807) is 16.8 Å². The van der Waals surface area contributed by atoms with Crippen LogP contribution in [-0.4, -0.2) is 30.8 Å². The maximum absolute atomic E-state index is 11.6. The number of carboxylic acid groups (broad SMARTS) is 1. The first-order chi connectivity index (χ1) is 15.4. The Hall–Kier alpha value is -3.80. The van der Waals surface area contributed by atoms with E-state index in [0.717, 1.165) is 11.3 Å². The molecule has 4 rings (SSSR count). The molecule has 9 nitrogen and oxygen atoms in total. The highest BCUT2D eigenvalue weighted by Crippen LogP contribution is 2.28. The van der Waals surface area contributed by atoms with Gasteiger partial charge in [0.25, 0.3) is 5.69 Å². The number of non-ortho nitro benzene ring substituents is 1. The van der Waals surface area contributed by atoms with Gasteiger partial charge in [-0.05, 0) is 52.9 Å². The number of carbonyl (C=O) groups is 1. The Morgan fingerprint density at radius 3 is 2.50 bits per heavy atom. The van der Waals surface area contributed by atoms with Crippen molar-refractivity contribution in [2.24, 2.45) is 0 Å². The molecule has 0 unspecified atom stereocenters. The van der Waals surface area contributed by atoms with Gasteiger partial charge in [-0.25, -0.2) is 14.5 Å². The molecule has 0 saturated carbocycles. The minimum atomic E-state index is -1.05. The number of aromatic nitrogens is 3. The third-order valence-electron chi connectivity index (χ3n) is 4.75. The second kappa shape index (κ2) is 9.14. The van der Waals surface area contributed by atoms with Crippen LogP contribution in [0.4, 0.5) is 11.4 Å². The zero-order valence-electron chi connectivity index (χ0n) is 16.5. The monoisotopic (exact) mass is 541 g/mol. The molecule has 0 atom stereocenters. The van der Waals surface area contributed by atoms with Crippen LogP contribution in [0.25, 0.3) is 16.9 Å². The van der Waals surface area contributed by atoms with Crippen molar-refractivity contribution in [2.45, 2.75) is 6.54 Å². The topological polar surface area (TPSA) is 123 Å². The lowest BCUT2D eigenvalue weighted by atomic mass is 10.1. The Morgan fingerprint density at radius 2 is 1.84 bits per heavy atom. The number of nitrogens with one attached hydrogen (secondary N) is 1. The van der Waals surface area contributed by atoms with Crippen molar-refractivity contribution in [3.05, 3.63) is 98.0 Å². The standard InChI is InChI=1S/C22H16IN5O4/c23-21-20(18(22(29)30)10-11-24-21)25-12-15-13-27(16-4-2-1-3-5-16)26-19(15)14-6-8-17(9-7-14)28(31)32/h1-11,13,25H,12H2,(H,29,30). The van der Waals surface area contributed by atoms with Gasteiger partial charge in [-0.3, -0.25) is 10.1 Å². The summed E-state index contributed by atoms with van der Waals surface area (Å²) in [7, 11) is 0. The normalized spacial score (nSPS) is 10.7. The van der Waals surface area contributed by atoms with Gasteiger partial charge in [-0.1, -0.05) is 18.2 Å². The van der Waals surface area contributed by atoms with E-state index in [9.17, 15) is 20.0 Å². The van der Waals surface area contributed by atoms with Crippen LogP contribution < -0.4 is 5.32 Å². The summed E-state index contributed by atoms with van der Waals surface area (Å²) in [6, 6.07) is 17.1. The molecule has 2 aromatic carbocycles. The summed E-state index contributed by atoms with van der Waals surface area (Å²) >= 11 is 1.98. The van der Waals surface area contributed by atoms with Crippen LogP contribution in [0.1, 0.15) is 15.9 Å². The van der Waals surface area contributed by atoms with Crippen LogP contribution in [0.15, 0.2) is 73.1 Å². The Balaban J connectivity index is 1.73. The number of nitro benzene ring substituents is 1. The number of carboxylic acids is 1. The number of nitrogens with zero attached hydrogens (tertiary/aromatic N) is 4. The maximum atomic E-state index is 11.6. The average molecular weight is 541 g/mol. The van der Waals surface area contributed by atoms with E-state index in [-0.39, 0.29) is 17.8 Å². The van der Waals surface area contributed by atoms with E-state index < -0.39 is 10.9 Å². The number of halogens is 1. The lowest BCUT2D eigenvalue weighted by molar-refractivity contribution is -0.384. The van der Waals surface area contributed by atoms with Crippen molar-refractivity contribution in [3.63, 3.8) is 0 Å². The molecule has 10 heteroatoms. The van der Waals surface area contributed by atoms with E-state index in [0.29, 0.717) is 20.6 Å². The van der Waals surface area contributed by atoms with Crippen molar-refractivity contribution < 1.29 is 14.8 Å². The molecule has 0 radical (unpaired) electrons. The second-order valence-electron chi connectivity index (χ2n) is 6.77. The van der Waals surface area contributed by atoms with E-state index in [4.69, 9.17) is 5.10 Å². The minimum absolute atomic E-state index is 0.00747. The number of pyridine rings is 1. The fourth-order valence-corrected chi connectivity index (χ4v) is 3.84. The Morgan fingerprint density at radius 1 is 1.12 bits per heavy atom. The summed E-state index contributed by atoms with van der Waals surface area (Å²) in [6.07, 6.45) is 3.30. The van der Waals surface area contributed by atoms with Crippen molar-refractivity contribution >= 4 is 39.9 Å². The minimum Gasteiger partial charge on any atom is -0.478 e. The summed E-state index contributed by atoms with van der Waals surface area (Å²) in [4.78, 5) is 26.3. The number of para-hydroxylation sites is 1. The summed E-state index contributed by atoms with van der Waals surface area (Å²) < 4.78 is 2.26. The maximum Gasteiger partial charge on any atom is 0.337 e. The molecular formula is C22H16IN5O4. The second-order valence-corrected chi connectivity index (χ2v) is 7.79. The highest BCUT2D eigenvalue weighted by molar-refractivity contribution is 14.1. The van der Waals surface area contributed by atoms with Gasteiger partial charge in [-0.2, -0.15) is 5.10 Å². The van der Waals surface area contributed by atoms with Crippen molar-refractivity contribution in [1.29, 1.82) is 0 Å². The quantitative estimate of drug-likeness (QED) is 0.150. The lowest BCUT2D eigenvalue weighted by Crippen LogP contribution is -2.09. The molecule has 0 aliphatic rings. The summed E-state index contributed by atoms with van der Waals surface area (Å²) in [5.74, 6) is -1.05. The van der Waals surface area contributed by atoms with Crippen molar-refractivity contribution in [2.75, 3.05) is 5.32 Å². The fraction of sp³-hybridized carbons (Fsp3) is 0.0455. The van der Waals surface area contributed by atoms with E-state index in [1.807, 2.05) is 59.1 Å². The van der Waals surface area contributed by atoms with Crippen LogP contribution in [0.5, 0.6) is 0 Å². The largest absolute Gasteiger partial charge is 0.478 e. The molecule has 2 aromatic heterocycles. The fourth-order valence-electron chi connectivity index (χ4n) is 3.20. The first kappa shape index (κ1) is 21.4. The molecule has 2 heterocycles. The number of aromatic carboxylic acids is 1. The van der Waals surface area contributed by atoms with Gasteiger partial charge in [0.1, 0.15) is 3.70 Å². The van der Waals surface area contributed by atoms with Crippen LogP contribution in [0.3, 0.4) is 0 Å². The molecule has 0 aliphatic carbocycles. The van der Waals surface area contributed by atoms with Crippen LogP contribution in [0.2, 0.25) is 0 Å². The van der Waals surface area contributed by atoms with Crippen LogP contribution >= 0.6 is 22.6 Å². The van der Waals surface area contributed by atoms with Crippen molar-refractivity contribution in [1.82, 2.24) is 14.8 Å². The average Bonchev–Trinajstić information content (AvgIpc) is 3.23. The summed E-state index contributed by atoms with van der Waals surface area (Å²) in [5.41, 5.74) is 3.52. The van der Waals surface area contributed by atoms with Gasteiger partial charge in [-0.15, -0.1) is 0 Å². The molecule has 0 amide bonds. The number of hydrogen-bond donors (Lipinski definition) is 2. The van der Waals surface area contributed by atoms with Gasteiger partial charge >= 0.3 is 5.97 Å². The molecule has 0 bridgehead atoms. The predicted molar refractivity (Wildman–Crippen MR) is 127 cm³/mol. The molecule has 160 valence electrons. The number of nitro groups is 1. The van der Waals surface area contributed by atoms with Gasteiger partial charge in [0, 0.05) is 42.2 Å². The molecule has 32 heavy (non-hydrogen) atoms. The molecule has 0 saturated heterocycles. The van der Waals surface area contributed by atoms with Crippen LogP contribution in [0, 0.1) is 13.8 Å². The lowest BCUT2D eigenvalue weighted by Gasteiger charge is -2.11. The smallest absolute Gasteiger partial charge is 0.337 e. The Kier molecular flexibility index (Phi) is 6.12. The zero-order valence-corrected chi connectivity index (χ0v) is 18.6. The predicted octanol–water partition coefficient (Wildman–Crippen LogP) is 4.76. The Bertz CT molecular complexity index is 1290. The molecule has 2 N–H and O–H groups in total. The molecule has 0 fully saturated rings. The van der Waals surface area contributed by atoms with Gasteiger partial charge in [0.2, 0.25) is 0 Å². The van der Waals surface area contributed by atoms with Crippen LogP contribution in [-0.2, 0) is 6.54 Å². The number of benzene rings is 2. The third kappa shape index (κ3) is 4.44. The number of hydrogen-bond acceptors (Lipinski definition) is 6. The van der Waals surface area contributed by atoms with Gasteiger partial charge < -0.3 is 10.4 Å². The third-order valence-corrected chi connectivity index (χ3v) is 5.57. The van der Waals surface area contributed by atoms with E-state index >= 15 is 0 Å². The SMILES string of the molecule is O=C(O)c1ccnc(I)c1NCc1cn(-c2ccccc2)nc1-c1ccc([N+](=O)[O-])cc1. The van der Waals surface area contributed by atoms with Gasteiger partial charge in [0.15, 0.2) is 0 Å². The Labute approximate surface area is 196 Å². The number of rotatable bonds is 7. The zero-order chi connectivity index (χ0) is 22.7. The van der Waals surface area contributed by atoms with Gasteiger partial charge in [0.05, 0.1) is 27.6 Å². The molecule has 0 aliphatic heterocycles. The van der Waals surface area contributed by atoms with E-state index in [1.165, 1.54) is 24.4 Å². The first-order valence-corrected chi connectivity index (χ1v) is 10.5. The summed E-state index contributed by atoms with van der Waals surface area (Å²) in [5, 5.41) is 28.4. The first-order valence-electron chi connectivity index (χ1n) is 9.44. The highest BCUT2D eigenvalue weighted by Gasteiger charge is 2.17. The van der Waals surface area contributed by atoms with E-state index in [2.05, 4.69) is 10.3 Å². The highest BCUT2D eigenvalue weighted by atomic mass is 127. The summed E-state index contributed by atoms with van der Waals surface area (Å²) in [6.45, 7) is 0.279. The molecule has 4 aromatic rings. The van der Waals surface area contributed by atoms with Crippen molar-refractivity contribution in [3.8, 4) is 16.9 Å². The molecular weight excluding hydrogens is 525 g/mol. The molecule has 0 spiro atoms. The number of anilines is 1.